The zero-order chi connectivity index (χ0) is 18.5. The van der Waals surface area contributed by atoms with Crippen LogP contribution in [0.1, 0.15) is 33.6 Å². The van der Waals surface area contributed by atoms with Crippen LogP contribution in [0.3, 0.4) is 0 Å². The normalized spacial score (nSPS) is 11.9. The number of hydrogen-bond acceptors (Lipinski definition) is 3. The highest BCUT2D eigenvalue weighted by Crippen LogP contribution is 2.14. The van der Waals surface area contributed by atoms with E-state index in [1.807, 2.05) is 20.8 Å². The average molecular weight is 480 g/mol. The Balaban J connectivity index is 0.00000625. The first kappa shape index (κ1) is 24.4. The summed E-state index contributed by atoms with van der Waals surface area (Å²) in [7, 11) is 0. The molecule has 1 amide bonds. The quantitative estimate of drug-likeness (QED) is 0.274. The van der Waals surface area contributed by atoms with Crippen molar-refractivity contribution >= 4 is 35.8 Å². The van der Waals surface area contributed by atoms with Gasteiger partial charge in [0.2, 0.25) is 5.91 Å². The second-order valence-corrected chi connectivity index (χ2v) is 5.53. The highest BCUT2D eigenvalue weighted by Gasteiger charge is 2.10. The lowest BCUT2D eigenvalue weighted by atomic mass is 10.2. The Morgan fingerprint density at radius 1 is 1.23 bits per heavy atom. The standard InChI is InChI=1S/C18H29FN4O2.HI/c1-4-10-21-17(24)13-23-18(20-6-3)22-12-15(5-2)25-16-9-7-8-14(19)11-16;/h7-9,11,15H,4-6,10,12-13H2,1-3H3,(H,21,24)(H2,20,22,23);1H. The number of halogens is 2. The number of rotatable bonds is 10. The van der Waals surface area contributed by atoms with Gasteiger partial charge in [0, 0.05) is 19.2 Å². The van der Waals surface area contributed by atoms with Gasteiger partial charge in [-0.2, -0.15) is 0 Å². The summed E-state index contributed by atoms with van der Waals surface area (Å²) in [4.78, 5) is 15.9. The van der Waals surface area contributed by atoms with Gasteiger partial charge in [-0.15, -0.1) is 24.0 Å². The molecule has 0 aliphatic rings. The van der Waals surface area contributed by atoms with Crippen LogP contribution in [0.25, 0.3) is 0 Å². The summed E-state index contributed by atoms with van der Waals surface area (Å²) in [6.45, 7) is 7.84. The lowest BCUT2D eigenvalue weighted by Gasteiger charge is -2.20. The minimum atomic E-state index is -0.326. The van der Waals surface area contributed by atoms with E-state index >= 15 is 0 Å². The predicted octanol–water partition coefficient (Wildman–Crippen LogP) is 2.68. The van der Waals surface area contributed by atoms with E-state index in [0.29, 0.717) is 31.3 Å². The highest BCUT2D eigenvalue weighted by molar-refractivity contribution is 14.0. The lowest BCUT2D eigenvalue weighted by molar-refractivity contribution is -0.119. The van der Waals surface area contributed by atoms with E-state index in [0.717, 1.165) is 12.8 Å². The van der Waals surface area contributed by atoms with Crippen molar-refractivity contribution in [2.45, 2.75) is 39.7 Å². The molecule has 1 rings (SSSR count). The second kappa shape index (κ2) is 14.6. The van der Waals surface area contributed by atoms with Crippen LogP contribution in [-0.4, -0.2) is 44.1 Å². The van der Waals surface area contributed by atoms with Gasteiger partial charge in [-0.3, -0.25) is 4.79 Å². The van der Waals surface area contributed by atoms with E-state index in [1.165, 1.54) is 12.1 Å². The summed E-state index contributed by atoms with van der Waals surface area (Å²) in [5.41, 5.74) is 0. The Hall–Kier alpha value is -1.58. The third-order valence-electron chi connectivity index (χ3n) is 3.35. The average Bonchev–Trinajstić information content (AvgIpc) is 2.61. The molecular weight excluding hydrogens is 450 g/mol. The van der Waals surface area contributed by atoms with E-state index in [1.54, 1.807) is 12.1 Å². The summed E-state index contributed by atoms with van der Waals surface area (Å²) in [5, 5.41) is 9.03. The number of ether oxygens (including phenoxy) is 1. The maximum absolute atomic E-state index is 13.2. The van der Waals surface area contributed by atoms with Crippen LogP contribution in [0.2, 0.25) is 0 Å². The Bertz CT molecular complexity index is 558. The summed E-state index contributed by atoms with van der Waals surface area (Å²) < 4.78 is 19.0. The van der Waals surface area contributed by atoms with Crippen molar-refractivity contribution in [2.75, 3.05) is 26.2 Å². The second-order valence-electron chi connectivity index (χ2n) is 5.53. The van der Waals surface area contributed by atoms with Crippen LogP contribution in [0, 0.1) is 5.82 Å². The van der Waals surface area contributed by atoms with Gasteiger partial charge in [-0.05, 0) is 31.9 Å². The fraction of sp³-hybridized carbons (Fsp3) is 0.556. The molecule has 148 valence electrons. The number of benzene rings is 1. The molecule has 1 aromatic carbocycles. The fourth-order valence-electron chi connectivity index (χ4n) is 2.03. The van der Waals surface area contributed by atoms with Crippen molar-refractivity contribution in [2.24, 2.45) is 4.99 Å². The maximum Gasteiger partial charge on any atom is 0.241 e. The molecule has 0 heterocycles. The fourth-order valence-corrected chi connectivity index (χ4v) is 2.03. The number of carbonyl (C=O) groups excluding carboxylic acids is 1. The Labute approximate surface area is 172 Å². The molecule has 0 aromatic heterocycles. The smallest absolute Gasteiger partial charge is 0.241 e. The summed E-state index contributed by atoms with van der Waals surface area (Å²) >= 11 is 0. The summed E-state index contributed by atoms with van der Waals surface area (Å²) in [6, 6.07) is 6.08. The van der Waals surface area contributed by atoms with Gasteiger partial charge < -0.3 is 20.7 Å². The molecule has 0 aliphatic carbocycles. The van der Waals surface area contributed by atoms with Crippen molar-refractivity contribution in [1.29, 1.82) is 0 Å². The van der Waals surface area contributed by atoms with Crippen LogP contribution in [0.5, 0.6) is 5.75 Å². The molecule has 0 spiro atoms. The molecule has 0 aliphatic heterocycles. The van der Waals surface area contributed by atoms with Gasteiger partial charge >= 0.3 is 0 Å². The molecule has 1 aromatic rings. The number of nitrogens with zero attached hydrogens (tertiary/aromatic N) is 1. The molecule has 0 saturated heterocycles. The number of aliphatic imine (C=N–C) groups is 1. The number of amides is 1. The zero-order valence-corrected chi connectivity index (χ0v) is 18.0. The molecular formula is C18H30FIN4O2. The zero-order valence-electron chi connectivity index (χ0n) is 15.7. The molecule has 0 saturated carbocycles. The van der Waals surface area contributed by atoms with Crippen molar-refractivity contribution in [3.63, 3.8) is 0 Å². The molecule has 3 N–H and O–H groups in total. The molecule has 0 bridgehead atoms. The van der Waals surface area contributed by atoms with Gasteiger partial charge in [0.05, 0.1) is 6.54 Å². The van der Waals surface area contributed by atoms with E-state index < -0.39 is 0 Å². The molecule has 26 heavy (non-hydrogen) atoms. The third kappa shape index (κ3) is 10.4. The molecule has 8 heteroatoms. The van der Waals surface area contributed by atoms with E-state index in [9.17, 15) is 9.18 Å². The van der Waals surface area contributed by atoms with Gasteiger partial charge in [-0.25, -0.2) is 9.38 Å². The first-order valence-corrected chi connectivity index (χ1v) is 8.80. The maximum atomic E-state index is 13.2. The predicted molar refractivity (Wildman–Crippen MR) is 114 cm³/mol. The van der Waals surface area contributed by atoms with Gasteiger partial charge in [-0.1, -0.05) is 19.9 Å². The van der Waals surface area contributed by atoms with E-state index in [2.05, 4.69) is 20.9 Å². The molecule has 1 atom stereocenters. The van der Waals surface area contributed by atoms with Crippen LogP contribution in [0.15, 0.2) is 29.3 Å². The minimum Gasteiger partial charge on any atom is -0.489 e. The summed E-state index contributed by atoms with van der Waals surface area (Å²) in [6.07, 6.45) is 1.50. The highest BCUT2D eigenvalue weighted by atomic mass is 127. The van der Waals surface area contributed by atoms with Crippen LogP contribution in [0.4, 0.5) is 4.39 Å². The van der Waals surface area contributed by atoms with Gasteiger partial charge in [0.25, 0.3) is 0 Å². The van der Waals surface area contributed by atoms with Crippen LogP contribution < -0.4 is 20.7 Å². The van der Waals surface area contributed by atoms with Crippen LogP contribution in [-0.2, 0) is 4.79 Å². The summed E-state index contributed by atoms with van der Waals surface area (Å²) in [5.74, 6) is 0.611. The first-order valence-electron chi connectivity index (χ1n) is 8.80. The van der Waals surface area contributed by atoms with Crippen molar-refractivity contribution in [3.8, 4) is 5.75 Å². The van der Waals surface area contributed by atoms with Crippen molar-refractivity contribution < 1.29 is 13.9 Å². The Kier molecular flexibility index (Phi) is 13.7. The molecule has 0 fully saturated rings. The Morgan fingerprint density at radius 2 is 2.00 bits per heavy atom. The van der Waals surface area contributed by atoms with E-state index in [4.69, 9.17) is 4.74 Å². The third-order valence-corrected chi connectivity index (χ3v) is 3.35. The monoisotopic (exact) mass is 480 g/mol. The first-order chi connectivity index (χ1) is 12.1. The Morgan fingerprint density at radius 3 is 2.62 bits per heavy atom. The molecule has 1 unspecified atom stereocenters. The van der Waals surface area contributed by atoms with Gasteiger partial charge in [0.1, 0.15) is 24.2 Å². The number of carbonyl (C=O) groups is 1. The van der Waals surface area contributed by atoms with Gasteiger partial charge in [0.15, 0.2) is 5.96 Å². The van der Waals surface area contributed by atoms with Crippen molar-refractivity contribution in [3.05, 3.63) is 30.1 Å². The lowest BCUT2D eigenvalue weighted by Crippen LogP contribution is -2.43. The van der Waals surface area contributed by atoms with E-state index in [-0.39, 0.29) is 48.3 Å². The minimum absolute atomic E-state index is 0. The molecule has 0 radical (unpaired) electrons. The van der Waals surface area contributed by atoms with Crippen molar-refractivity contribution in [1.82, 2.24) is 16.0 Å². The number of hydrogen-bond donors (Lipinski definition) is 3. The SMILES string of the molecule is CCCNC(=O)CN=C(NCC)NCC(CC)Oc1cccc(F)c1.I. The molecule has 6 nitrogen and oxygen atoms in total. The largest absolute Gasteiger partial charge is 0.489 e. The van der Waals surface area contributed by atoms with Crippen LogP contribution >= 0.6 is 24.0 Å². The number of guanidine groups is 1. The topological polar surface area (TPSA) is 74.8 Å². The number of nitrogens with one attached hydrogen (secondary N) is 3.